The number of carboxylic acids is 1. The van der Waals surface area contributed by atoms with Gasteiger partial charge in [-0.15, -0.1) is 0 Å². The van der Waals surface area contributed by atoms with Gasteiger partial charge in [-0.05, 0) is 38.0 Å². The van der Waals surface area contributed by atoms with Gasteiger partial charge in [0.15, 0.2) is 11.9 Å². The molecule has 1 spiro atoms. The first-order valence-corrected chi connectivity index (χ1v) is 9.94. The first kappa shape index (κ1) is 20.0. The van der Waals surface area contributed by atoms with Crippen molar-refractivity contribution in [1.82, 2.24) is 0 Å². The van der Waals surface area contributed by atoms with E-state index in [9.17, 15) is 9.59 Å². The van der Waals surface area contributed by atoms with Crippen molar-refractivity contribution >= 4 is 11.9 Å². The van der Waals surface area contributed by atoms with Gasteiger partial charge in [0, 0.05) is 18.3 Å². The fourth-order valence-corrected chi connectivity index (χ4v) is 5.39. The van der Waals surface area contributed by atoms with Crippen LogP contribution in [-0.4, -0.2) is 54.2 Å². The van der Waals surface area contributed by atoms with Crippen LogP contribution >= 0.6 is 0 Å². The molecule has 9 nitrogen and oxygen atoms in total. The van der Waals surface area contributed by atoms with Crippen LogP contribution in [0.5, 0.6) is 0 Å². The molecule has 4 aliphatic heterocycles. The van der Waals surface area contributed by atoms with Gasteiger partial charge in [0.2, 0.25) is 12.1 Å². The molecule has 28 heavy (non-hydrogen) atoms. The van der Waals surface area contributed by atoms with Crippen LogP contribution in [0.1, 0.15) is 46.5 Å². The predicted octanol–water partition coefficient (Wildman–Crippen LogP) is 1.84. The van der Waals surface area contributed by atoms with Crippen molar-refractivity contribution in [3.63, 3.8) is 0 Å². The number of fused-ring (bicyclic) bond motifs is 2. The molecule has 5 fully saturated rings. The molecular formula is C19H28O9. The smallest absolute Gasteiger partial charge is 0.334 e. The molecule has 2 bridgehead atoms. The Morgan fingerprint density at radius 3 is 2.64 bits per heavy atom. The zero-order valence-corrected chi connectivity index (χ0v) is 16.4. The van der Waals surface area contributed by atoms with Gasteiger partial charge in [-0.1, -0.05) is 13.8 Å². The van der Waals surface area contributed by atoms with Crippen molar-refractivity contribution < 1.29 is 43.4 Å². The summed E-state index contributed by atoms with van der Waals surface area (Å²) < 4.78 is 22.6. The average molecular weight is 400 g/mol. The molecule has 0 amide bonds. The Bertz CT molecular complexity index is 639. The summed E-state index contributed by atoms with van der Waals surface area (Å²) in [7, 11) is 0. The van der Waals surface area contributed by atoms with Crippen molar-refractivity contribution in [2.75, 3.05) is 13.2 Å². The SMILES string of the molecule is C[C@@H]1CCC2[C@@H](C)[C@H](OC(=O)COCC(=O)O)O[C@@H]3O[C@]4(C)CC[C@@H]1[C@@]23OO4. The third-order valence-electron chi connectivity index (χ3n) is 6.79. The Morgan fingerprint density at radius 2 is 1.89 bits per heavy atom. The first-order valence-electron chi connectivity index (χ1n) is 9.94. The quantitative estimate of drug-likeness (QED) is 0.546. The van der Waals surface area contributed by atoms with Crippen molar-refractivity contribution in [3.8, 4) is 0 Å². The van der Waals surface area contributed by atoms with Gasteiger partial charge in [-0.3, -0.25) is 0 Å². The lowest BCUT2D eigenvalue weighted by Gasteiger charge is -2.59. The van der Waals surface area contributed by atoms with E-state index in [2.05, 4.69) is 6.92 Å². The third kappa shape index (κ3) is 3.23. The fraction of sp³-hybridized carbons (Fsp3) is 0.895. The van der Waals surface area contributed by atoms with Gasteiger partial charge in [-0.25, -0.2) is 19.4 Å². The van der Waals surface area contributed by atoms with E-state index in [0.717, 1.165) is 19.3 Å². The molecule has 158 valence electrons. The molecule has 4 heterocycles. The summed E-state index contributed by atoms with van der Waals surface area (Å²) in [5.41, 5.74) is -0.712. The number of ether oxygens (including phenoxy) is 4. The summed E-state index contributed by atoms with van der Waals surface area (Å²) in [4.78, 5) is 34.4. The van der Waals surface area contributed by atoms with Gasteiger partial charge in [-0.2, -0.15) is 0 Å². The summed E-state index contributed by atoms with van der Waals surface area (Å²) in [5.74, 6) is -2.11. The second kappa shape index (κ2) is 7.21. The number of carbonyl (C=O) groups excluding carboxylic acids is 1. The second-order valence-corrected chi connectivity index (χ2v) is 8.65. The molecule has 1 aliphatic carbocycles. The van der Waals surface area contributed by atoms with Crippen LogP contribution in [-0.2, 0) is 38.3 Å². The number of hydrogen-bond donors (Lipinski definition) is 1. The van der Waals surface area contributed by atoms with E-state index in [-0.39, 0.29) is 17.8 Å². The number of esters is 1. The Hall–Kier alpha value is -1.26. The first-order chi connectivity index (χ1) is 13.2. The van der Waals surface area contributed by atoms with Crippen LogP contribution in [0.25, 0.3) is 0 Å². The predicted molar refractivity (Wildman–Crippen MR) is 91.4 cm³/mol. The molecule has 8 atom stereocenters. The number of hydrogen-bond acceptors (Lipinski definition) is 8. The van der Waals surface area contributed by atoms with Crippen molar-refractivity contribution in [1.29, 1.82) is 0 Å². The molecule has 0 aromatic heterocycles. The largest absolute Gasteiger partial charge is 0.480 e. The van der Waals surface area contributed by atoms with Crippen LogP contribution in [0.2, 0.25) is 0 Å². The summed E-state index contributed by atoms with van der Waals surface area (Å²) in [6.45, 7) is 5.03. The molecule has 9 heteroatoms. The van der Waals surface area contributed by atoms with E-state index in [4.69, 9.17) is 33.8 Å². The second-order valence-electron chi connectivity index (χ2n) is 8.65. The standard InChI is InChI=1S/C19H28O9/c1-10-4-5-13-11(2)16(24-15(22)9-23-8-14(20)21)25-17-19(13)12(10)6-7-18(3,26-17)27-28-19/h10-13,16-17H,4-9H2,1-3H3,(H,20,21)/t10-,11-,12+,13?,16-,17-,18+,19-/m1/s1. The van der Waals surface area contributed by atoms with E-state index in [1.807, 2.05) is 13.8 Å². The average Bonchev–Trinajstić information content (AvgIpc) is 2.85. The highest BCUT2D eigenvalue weighted by atomic mass is 17.3. The Kier molecular flexibility index (Phi) is 5.16. The maximum absolute atomic E-state index is 12.1. The van der Waals surface area contributed by atoms with Crippen LogP contribution < -0.4 is 0 Å². The number of carboxylic acid groups (broad SMARTS) is 1. The minimum Gasteiger partial charge on any atom is -0.480 e. The van der Waals surface area contributed by atoms with Gasteiger partial charge in [0.1, 0.15) is 13.2 Å². The van der Waals surface area contributed by atoms with Gasteiger partial charge >= 0.3 is 11.9 Å². The molecular weight excluding hydrogens is 372 g/mol. The number of rotatable bonds is 5. The van der Waals surface area contributed by atoms with Gasteiger partial charge < -0.3 is 24.1 Å². The molecule has 0 aromatic carbocycles. The molecule has 1 unspecified atom stereocenters. The Balaban J connectivity index is 1.53. The fourth-order valence-electron chi connectivity index (χ4n) is 5.39. The number of aliphatic carboxylic acids is 1. The Morgan fingerprint density at radius 1 is 1.11 bits per heavy atom. The topological polar surface area (TPSA) is 110 Å². The van der Waals surface area contributed by atoms with Crippen molar-refractivity contribution in [3.05, 3.63) is 0 Å². The monoisotopic (exact) mass is 400 g/mol. The normalized spacial score (nSPS) is 47.1. The Labute approximate surface area is 163 Å². The number of carbonyl (C=O) groups is 2. The molecule has 0 aromatic rings. The highest BCUT2D eigenvalue weighted by Crippen LogP contribution is 2.60. The summed E-state index contributed by atoms with van der Waals surface area (Å²) in [5, 5.41) is 8.61. The van der Waals surface area contributed by atoms with Crippen LogP contribution in [0.15, 0.2) is 0 Å². The van der Waals surface area contributed by atoms with Gasteiger partial charge in [0.25, 0.3) is 0 Å². The van der Waals surface area contributed by atoms with E-state index in [0.29, 0.717) is 12.3 Å². The van der Waals surface area contributed by atoms with Crippen LogP contribution in [0, 0.1) is 23.7 Å². The summed E-state index contributed by atoms with van der Waals surface area (Å²) in [6.07, 6.45) is 2.07. The van der Waals surface area contributed by atoms with E-state index >= 15 is 0 Å². The lowest BCUT2D eigenvalue weighted by molar-refractivity contribution is -0.576. The molecule has 4 saturated heterocycles. The molecule has 5 rings (SSSR count). The maximum atomic E-state index is 12.1. The zero-order valence-electron chi connectivity index (χ0n) is 16.4. The zero-order chi connectivity index (χ0) is 20.1. The molecule has 1 saturated carbocycles. The minimum absolute atomic E-state index is 0.0489. The molecule has 1 N–H and O–H groups in total. The van der Waals surface area contributed by atoms with Crippen molar-refractivity contribution in [2.45, 2.75) is 70.4 Å². The van der Waals surface area contributed by atoms with Crippen LogP contribution in [0.4, 0.5) is 0 Å². The van der Waals surface area contributed by atoms with Crippen LogP contribution in [0.3, 0.4) is 0 Å². The van der Waals surface area contributed by atoms with Crippen molar-refractivity contribution in [2.24, 2.45) is 23.7 Å². The maximum Gasteiger partial charge on any atom is 0.334 e. The highest BCUT2D eigenvalue weighted by molar-refractivity contribution is 5.72. The molecule has 0 radical (unpaired) electrons. The van der Waals surface area contributed by atoms with E-state index < -0.39 is 49.1 Å². The van der Waals surface area contributed by atoms with Gasteiger partial charge in [0.05, 0.1) is 0 Å². The molecule has 5 aliphatic rings. The third-order valence-corrected chi connectivity index (χ3v) is 6.79. The lowest BCUT2D eigenvalue weighted by atomic mass is 9.58. The van der Waals surface area contributed by atoms with E-state index in [1.54, 1.807) is 0 Å². The summed E-state index contributed by atoms with van der Waals surface area (Å²) in [6, 6.07) is 0. The van der Waals surface area contributed by atoms with E-state index in [1.165, 1.54) is 0 Å². The highest BCUT2D eigenvalue weighted by Gasteiger charge is 2.69. The minimum atomic E-state index is -1.15. The summed E-state index contributed by atoms with van der Waals surface area (Å²) >= 11 is 0. The lowest BCUT2D eigenvalue weighted by Crippen LogP contribution is -2.70.